The van der Waals surface area contributed by atoms with E-state index in [1.165, 1.54) is 30.0 Å². The van der Waals surface area contributed by atoms with Gasteiger partial charge in [-0.15, -0.1) is 10.2 Å². The SMILES string of the molecule is C[C@H]1Cc2cc(C(O)=C3C(=O)C(=O)N(c4nnc(SCc5ccccc5Cl)s4)[C@H]3c3ccccc3F)ccc2O1. The van der Waals surface area contributed by atoms with Gasteiger partial charge < -0.3 is 9.84 Å². The van der Waals surface area contributed by atoms with E-state index >= 15 is 4.39 Å². The number of aliphatic hydroxyl groups excluding tert-OH is 1. The number of hydrogen-bond acceptors (Lipinski definition) is 8. The van der Waals surface area contributed by atoms with Crippen molar-refractivity contribution in [1.82, 2.24) is 10.2 Å². The second-order valence-corrected chi connectivity index (χ2v) is 12.0. The number of benzene rings is 3. The van der Waals surface area contributed by atoms with E-state index in [-0.39, 0.29) is 22.4 Å². The third-order valence-corrected chi connectivity index (χ3v) is 9.20. The molecule has 202 valence electrons. The highest BCUT2D eigenvalue weighted by atomic mass is 35.5. The van der Waals surface area contributed by atoms with E-state index in [4.69, 9.17) is 16.3 Å². The molecule has 6 rings (SSSR count). The second kappa shape index (κ2) is 10.7. The quantitative estimate of drug-likeness (QED) is 0.0888. The van der Waals surface area contributed by atoms with E-state index in [0.717, 1.165) is 27.4 Å². The molecule has 0 unspecified atom stereocenters. The highest BCUT2D eigenvalue weighted by Crippen LogP contribution is 2.45. The van der Waals surface area contributed by atoms with Crippen molar-refractivity contribution in [3.63, 3.8) is 0 Å². The Labute approximate surface area is 242 Å². The van der Waals surface area contributed by atoms with Crippen molar-refractivity contribution in [3.05, 3.63) is 105 Å². The predicted molar refractivity (Wildman–Crippen MR) is 152 cm³/mol. The van der Waals surface area contributed by atoms with E-state index in [9.17, 15) is 14.7 Å². The van der Waals surface area contributed by atoms with E-state index in [1.54, 1.807) is 30.3 Å². The summed E-state index contributed by atoms with van der Waals surface area (Å²) in [7, 11) is 0. The van der Waals surface area contributed by atoms with Crippen molar-refractivity contribution in [2.24, 2.45) is 0 Å². The topological polar surface area (TPSA) is 92.6 Å². The Bertz CT molecular complexity index is 1690. The number of hydrogen-bond donors (Lipinski definition) is 1. The average molecular weight is 594 g/mol. The number of halogens is 2. The Balaban J connectivity index is 1.40. The molecule has 0 spiro atoms. The predicted octanol–water partition coefficient (Wildman–Crippen LogP) is 6.57. The van der Waals surface area contributed by atoms with Gasteiger partial charge in [0.05, 0.1) is 5.57 Å². The summed E-state index contributed by atoms with van der Waals surface area (Å²) in [6.45, 7) is 1.94. The van der Waals surface area contributed by atoms with Crippen LogP contribution in [0.15, 0.2) is 76.6 Å². The first-order valence-corrected chi connectivity index (χ1v) is 14.5. The summed E-state index contributed by atoms with van der Waals surface area (Å²) in [5.41, 5.74) is 1.96. The van der Waals surface area contributed by atoms with Crippen molar-refractivity contribution in [3.8, 4) is 5.75 Å². The maximum atomic E-state index is 15.2. The minimum Gasteiger partial charge on any atom is -0.507 e. The minimum atomic E-state index is -1.24. The molecule has 7 nitrogen and oxygen atoms in total. The van der Waals surface area contributed by atoms with E-state index < -0.39 is 29.3 Å². The zero-order valence-electron chi connectivity index (χ0n) is 21.0. The summed E-state index contributed by atoms with van der Waals surface area (Å²) in [5.74, 6) is -1.66. The van der Waals surface area contributed by atoms with Crippen LogP contribution < -0.4 is 9.64 Å². The fraction of sp³-hybridized carbons (Fsp3) is 0.172. The number of carbonyl (C=O) groups is 2. The summed E-state index contributed by atoms with van der Waals surface area (Å²) in [6.07, 6.45) is 0.625. The van der Waals surface area contributed by atoms with Crippen molar-refractivity contribution in [1.29, 1.82) is 0 Å². The lowest BCUT2D eigenvalue weighted by atomic mass is 9.94. The number of amides is 1. The average Bonchev–Trinajstić information content (AvgIpc) is 3.63. The number of rotatable bonds is 6. The van der Waals surface area contributed by atoms with Gasteiger partial charge in [0.15, 0.2) is 4.34 Å². The van der Waals surface area contributed by atoms with Gasteiger partial charge in [0, 0.05) is 28.3 Å². The number of thioether (sulfide) groups is 1. The standard InChI is InChI=1S/C29H21ClFN3O4S2/c1-15-12-18-13-16(10-11-22(18)38-15)25(35)23-24(19-7-3-5-9-21(19)31)34(27(37)26(23)36)28-32-33-29(40-28)39-14-17-6-2-4-8-20(17)30/h2-11,13,15,24,35H,12,14H2,1H3/t15-,24-/m0/s1. The zero-order chi connectivity index (χ0) is 28.0. The fourth-order valence-corrected chi connectivity index (χ4v) is 7.01. The van der Waals surface area contributed by atoms with Crippen molar-refractivity contribution >= 4 is 57.3 Å². The number of ketones is 1. The summed E-state index contributed by atoms with van der Waals surface area (Å²) in [6, 6.07) is 17.1. The number of nitrogens with zero attached hydrogens (tertiary/aromatic N) is 3. The normalized spacial score (nSPS) is 19.6. The van der Waals surface area contributed by atoms with Gasteiger partial charge >= 0.3 is 5.91 Å². The van der Waals surface area contributed by atoms with Crippen LogP contribution in [0.3, 0.4) is 0 Å². The Morgan fingerprint density at radius 2 is 1.93 bits per heavy atom. The Morgan fingerprint density at radius 1 is 1.15 bits per heavy atom. The second-order valence-electron chi connectivity index (χ2n) is 9.38. The third kappa shape index (κ3) is 4.76. The van der Waals surface area contributed by atoms with Gasteiger partial charge in [-0.3, -0.25) is 14.5 Å². The summed E-state index contributed by atoms with van der Waals surface area (Å²) in [5, 5.41) is 20.5. The lowest BCUT2D eigenvalue weighted by Gasteiger charge is -2.22. The number of Topliss-reactive ketones (excluding diaryl/α,β-unsaturated/α-hetero) is 1. The van der Waals surface area contributed by atoms with E-state index in [1.807, 2.05) is 25.1 Å². The molecule has 3 heterocycles. The van der Waals surface area contributed by atoms with Gasteiger partial charge in [-0.05, 0) is 48.4 Å². The lowest BCUT2D eigenvalue weighted by Crippen LogP contribution is -2.29. The van der Waals surface area contributed by atoms with Crippen LogP contribution in [-0.2, 0) is 21.8 Å². The number of ether oxygens (including phenoxy) is 1. The van der Waals surface area contributed by atoms with E-state index in [0.29, 0.717) is 32.8 Å². The smallest absolute Gasteiger partial charge is 0.301 e. The number of aromatic nitrogens is 2. The van der Waals surface area contributed by atoms with Gasteiger partial charge in [0.2, 0.25) is 5.13 Å². The molecule has 0 saturated carbocycles. The fourth-order valence-electron chi connectivity index (χ4n) is 4.86. The molecule has 2 aliphatic rings. The molecule has 1 saturated heterocycles. The Kier molecular flexibility index (Phi) is 7.07. The maximum absolute atomic E-state index is 15.2. The molecule has 0 radical (unpaired) electrons. The first-order valence-electron chi connectivity index (χ1n) is 12.4. The molecule has 4 aromatic rings. The van der Waals surface area contributed by atoms with Gasteiger partial charge in [0.25, 0.3) is 5.78 Å². The van der Waals surface area contributed by atoms with Crippen LogP contribution in [0.1, 0.15) is 35.2 Å². The Morgan fingerprint density at radius 3 is 2.73 bits per heavy atom. The molecule has 3 aromatic carbocycles. The van der Waals surface area contributed by atoms with Crippen molar-refractivity contribution < 1.29 is 23.8 Å². The molecular formula is C29H21ClFN3O4S2. The molecule has 2 aliphatic heterocycles. The van der Waals surface area contributed by atoms with Crippen LogP contribution in [0.4, 0.5) is 9.52 Å². The van der Waals surface area contributed by atoms with Crippen LogP contribution in [0, 0.1) is 5.82 Å². The van der Waals surface area contributed by atoms with Gasteiger partial charge in [-0.25, -0.2) is 4.39 Å². The number of anilines is 1. The van der Waals surface area contributed by atoms with Crippen molar-refractivity contribution in [2.75, 3.05) is 4.90 Å². The van der Waals surface area contributed by atoms with Crippen LogP contribution >= 0.6 is 34.7 Å². The van der Waals surface area contributed by atoms with Crippen LogP contribution in [0.25, 0.3) is 5.76 Å². The molecule has 40 heavy (non-hydrogen) atoms. The van der Waals surface area contributed by atoms with Gasteiger partial charge in [-0.1, -0.05) is 71.1 Å². The first-order chi connectivity index (χ1) is 19.3. The molecule has 1 aromatic heterocycles. The number of aliphatic hydroxyl groups is 1. The Hall–Kier alpha value is -3.73. The summed E-state index contributed by atoms with van der Waals surface area (Å²) < 4.78 is 21.5. The maximum Gasteiger partial charge on any atom is 0.301 e. The minimum absolute atomic E-state index is 0.0150. The van der Waals surface area contributed by atoms with E-state index in [2.05, 4.69) is 10.2 Å². The van der Waals surface area contributed by atoms with Crippen LogP contribution in [-0.4, -0.2) is 33.1 Å². The zero-order valence-corrected chi connectivity index (χ0v) is 23.4. The van der Waals surface area contributed by atoms with Crippen molar-refractivity contribution in [2.45, 2.75) is 35.6 Å². The van der Waals surface area contributed by atoms with Crippen LogP contribution in [0.5, 0.6) is 5.75 Å². The first kappa shape index (κ1) is 26.5. The summed E-state index contributed by atoms with van der Waals surface area (Å²) in [4.78, 5) is 27.9. The number of fused-ring (bicyclic) bond motifs is 1. The van der Waals surface area contributed by atoms with Crippen LogP contribution in [0.2, 0.25) is 5.02 Å². The lowest BCUT2D eigenvalue weighted by molar-refractivity contribution is -0.132. The monoisotopic (exact) mass is 593 g/mol. The van der Waals surface area contributed by atoms with Gasteiger partial charge in [0.1, 0.15) is 29.5 Å². The molecule has 11 heteroatoms. The molecule has 2 atom stereocenters. The van der Waals surface area contributed by atoms with Gasteiger partial charge in [-0.2, -0.15) is 0 Å². The third-order valence-electron chi connectivity index (χ3n) is 6.72. The molecule has 1 fully saturated rings. The molecule has 0 bridgehead atoms. The number of carbonyl (C=O) groups excluding carboxylic acids is 2. The molecule has 1 amide bonds. The molecule has 1 N–H and O–H groups in total. The largest absolute Gasteiger partial charge is 0.507 e. The summed E-state index contributed by atoms with van der Waals surface area (Å²) >= 11 is 8.74. The highest BCUT2D eigenvalue weighted by molar-refractivity contribution is 8.00. The molecule has 0 aliphatic carbocycles. The highest BCUT2D eigenvalue weighted by Gasteiger charge is 2.49. The molecular weight excluding hydrogens is 573 g/mol.